The molecule has 18 heteroatoms. The number of hydrogen-bond acceptors (Lipinski definition) is 12. The molecule has 0 spiro atoms. The highest BCUT2D eigenvalue weighted by Crippen LogP contribution is 2.56. The van der Waals surface area contributed by atoms with Crippen molar-refractivity contribution in [2.24, 2.45) is 17.6 Å². The molecule has 0 aliphatic heterocycles. The second-order valence-electron chi connectivity index (χ2n) is 10.3. The Kier molecular flexibility index (Phi) is 8.71. The van der Waals surface area contributed by atoms with Gasteiger partial charge in [-0.05, 0) is 38.4 Å². The summed E-state index contributed by atoms with van der Waals surface area (Å²) >= 11 is 6.50. The van der Waals surface area contributed by atoms with Gasteiger partial charge >= 0.3 is 10.4 Å². The van der Waals surface area contributed by atoms with E-state index in [1.165, 1.54) is 19.0 Å². The Bertz CT molecular complexity index is 1560. The van der Waals surface area contributed by atoms with Gasteiger partial charge < -0.3 is 36.4 Å². The van der Waals surface area contributed by atoms with Crippen molar-refractivity contribution in [3.8, 4) is 5.75 Å². The van der Waals surface area contributed by atoms with Crippen molar-refractivity contribution in [3.63, 3.8) is 0 Å². The van der Waals surface area contributed by atoms with Crippen LogP contribution in [0.2, 0.25) is 5.02 Å². The first kappa shape index (κ1) is 32.8. The highest BCUT2D eigenvalue weighted by Gasteiger charge is 2.64. The van der Waals surface area contributed by atoms with E-state index in [4.69, 9.17) is 34.9 Å². The number of phenols is 1. The summed E-state index contributed by atoms with van der Waals surface area (Å²) in [6.45, 7) is 0. The van der Waals surface area contributed by atoms with Gasteiger partial charge in [0.2, 0.25) is 12.2 Å². The number of aliphatic hydroxyl groups excluding tert-OH is 2. The molecule has 1 aromatic carbocycles. The third-order valence-electron chi connectivity index (χ3n) is 7.45. The van der Waals surface area contributed by atoms with Gasteiger partial charge in [-0.2, -0.15) is 8.42 Å². The fraction of sp³-hybridized carbons (Fsp3) is 0.417. The van der Waals surface area contributed by atoms with Gasteiger partial charge in [-0.3, -0.25) is 33.2 Å². The van der Waals surface area contributed by atoms with Crippen LogP contribution in [0, 0.1) is 11.8 Å². The fourth-order valence-electron chi connectivity index (χ4n) is 5.98. The number of likely N-dealkylation sites (N-methyl/N-ethyl adjacent to an activating group) is 1. The summed E-state index contributed by atoms with van der Waals surface area (Å²) in [4.78, 5) is 53.3. The van der Waals surface area contributed by atoms with E-state index in [0.717, 1.165) is 0 Å². The number of Topliss-reactive ketones (excluding diaryl/α,β-unsaturated/α-hetero) is 2. The fourth-order valence-corrected chi connectivity index (χ4v) is 6.41. The van der Waals surface area contributed by atoms with Crippen LogP contribution in [0.25, 0.3) is 5.76 Å². The topological polar surface area (TPSA) is 268 Å². The number of nitrogens with one attached hydrogen (secondary N) is 1. The van der Waals surface area contributed by atoms with Gasteiger partial charge in [0.05, 0.1) is 22.3 Å². The smallest absolute Gasteiger partial charge is 0.394 e. The third-order valence-corrected chi connectivity index (χ3v) is 7.82. The number of benzene rings is 1. The van der Waals surface area contributed by atoms with Crippen LogP contribution in [0.5, 0.6) is 5.75 Å². The van der Waals surface area contributed by atoms with E-state index < -0.39 is 74.2 Å². The quantitative estimate of drug-likeness (QED) is 0.0888. The van der Waals surface area contributed by atoms with Crippen molar-refractivity contribution in [1.82, 2.24) is 4.90 Å². The van der Waals surface area contributed by atoms with Crippen LogP contribution in [-0.2, 0) is 36.0 Å². The summed E-state index contributed by atoms with van der Waals surface area (Å²) in [5.74, 6) is -7.63. The van der Waals surface area contributed by atoms with Crippen LogP contribution in [0.15, 0.2) is 16.9 Å². The zero-order valence-corrected chi connectivity index (χ0v) is 24.2. The molecule has 0 saturated heterocycles. The van der Waals surface area contributed by atoms with E-state index in [0.29, 0.717) is 11.3 Å². The molecule has 0 heterocycles. The molecule has 230 valence electrons. The third kappa shape index (κ3) is 5.18. The Morgan fingerprint density at radius 2 is 1.69 bits per heavy atom. The first-order valence-corrected chi connectivity index (χ1v) is 13.8. The van der Waals surface area contributed by atoms with Crippen LogP contribution < -0.4 is 16.0 Å². The zero-order chi connectivity index (χ0) is 32.2. The molecule has 0 radical (unpaired) electrons. The molecule has 0 bridgehead atoms. The number of phenolic OH excluding ortho intramolecular Hbond substituents is 1. The van der Waals surface area contributed by atoms with Crippen LogP contribution in [0.4, 0.5) is 11.4 Å². The second kappa shape index (κ2) is 11.2. The normalized spacial score (nSPS) is 25.2. The number of fused-ring (bicyclic) bond motifs is 3. The Morgan fingerprint density at radius 3 is 2.14 bits per heavy atom. The molecule has 1 fully saturated rings. The van der Waals surface area contributed by atoms with Gasteiger partial charge in [-0.25, -0.2) is 0 Å². The van der Waals surface area contributed by atoms with Crippen molar-refractivity contribution in [3.05, 3.63) is 33.1 Å². The number of primary amides is 1. The number of halogens is 1. The highest BCUT2D eigenvalue weighted by atomic mass is 35.5. The summed E-state index contributed by atoms with van der Waals surface area (Å²) in [6, 6.07) is -1.18. The van der Waals surface area contributed by atoms with Gasteiger partial charge in [0.15, 0.2) is 17.1 Å². The van der Waals surface area contributed by atoms with E-state index in [9.17, 15) is 39.6 Å². The van der Waals surface area contributed by atoms with Gasteiger partial charge in [0.1, 0.15) is 22.8 Å². The maximum absolute atomic E-state index is 13.9. The van der Waals surface area contributed by atoms with E-state index in [1.54, 1.807) is 19.0 Å². The molecule has 3 aliphatic carbocycles. The maximum atomic E-state index is 13.9. The second-order valence-corrected chi connectivity index (χ2v) is 11.6. The average molecular weight is 633 g/mol. The highest BCUT2D eigenvalue weighted by molar-refractivity contribution is 7.79. The maximum Gasteiger partial charge on any atom is 0.394 e. The van der Waals surface area contributed by atoms with Crippen LogP contribution in [-0.4, -0.2) is 107 Å². The molecule has 1 saturated carbocycles. The van der Waals surface area contributed by atoms with E-state index in [2.05, 4.69) is 5.32 Å². The number of aliphatic hydroxyl groups is 3. The number of carbonyl (C=O) groups is 4. The Balaban J connectivity index is 0.000000892. The van der Waals surface area contributed by atoms with Crippen molar-refractivity contribution in [1.29, 1.82) is 0 Å². The molecular weight excluding hydrogens is 604 g/mol. The number of nitrogens with zero attached hydrogens (tertiary/aromatic N) is 2. The Hall–Kier alpha value is -3.74. The number of aromatic hydroxyl groups is 1. The summed E-state index contributed by atoms with van der Waals surface area (Å²) in [6.07, 6.45) is 0.304. The van der Waals surface area contributed by atoms with Gasteiger partial charge in [0.25, 0.3) is 5.91 Å². The number of carbonyl (C=O) groups excluding carboxylic acids is 4. The van der Waals surface area contributed by atoms with Crippen LogP contribution in [0.1, 0.15) is 17.5 Å². The lowest BCUT2D eigenvalue weighted by Crippen LogP contribution is -2.65. The molecule has 16 nitrogen and oxygen atoms in total. The molecule has 1 aromatic rings. The molecule has 0 aromatic heterocycles. The van der Waals surface area contributed by atoms with Gasteiger partial charge in [-0.15, -0.1) is 0 Å². The molecule has 9 N–H and O–H groups in total. The Morgan fingerprint density at radius 1 is 1.14 bits per heavy atom. The molecule has 4 atom stereocenters. The van der Waals surface area contributed by atoms with Crippen molar-refractivity contribution >= 4 is 63.0 Å². The molecule has 3 aliphatic rings. The minimum absolute atomic E-state index is 0.00827. The molecular formula is C24H29ClN4O12S. The zero-order valence-electron chi connectivity index (χ0n) is 22.6. The molecule has 42 heavy (non-hydrogen) atoms. The number of nitrogens with two attached hydrogens (primary N) is 1. The van der Waals surface area contributed by atoms with E-state index in [-0.39, 0.29) is 41.1 Å². The van der Waals surface area contributed by atoms with Gasteiger partial charge in [0, 0.05) is 25.6 Å². The lowest BCUT2D eigenvalue weighted by atomic mass is 9.57. The van der Waals surface area contributed by atoms with Crippen molar-refractivity contribution in [2.75, 3.05) is 38.4 Å². The standard InChI is InChI=1S/C24H27ClN4O8.H2O4S/c1-28(2)16-9-5-8-6-10-17(29(3)4)20(33)13(23(26)36)22(35)24(10,37)21(34)11(8)18(31)12(9)19(32)15(14(16)25)27-7-30;1-5(2,3)4/h7-8,10,17,31-32,35,37H,5-6H2,1-4H3,(H2,26,36)(H,27,30);(H2,1,2,3,4)/t8?,10?,17-,24?;/m0./s1. The lowest BCUT2D eigenvalue weighted by molar-refractivity contribution is -0.153. The van der Waals surface area contributed by atoms with Crippen molar-refractivity contribution in [2.45, 2.75) is 24.5 Å². The predicted molar refractivity (Wildman–Crippen MR) is 147 cm³/mol. The predicted octanol–water partition coefficient (Wildman–Crippen LogP) is -0.401. The number of anilines is 2. The van der Waals surface area contributed by atoms with Crippen LogP contribution >= 0.6 is 11.6 Å². The van der Waals surface area contributed by atoms with Crippen LogP contribution in [0.3, 0.4) is 0 Å². The number of rotatable bonds is 5. The first-order chi connectivity index (χ1) is 19.2. The van der Waals surface area contributed by atoms with E-state index in [1.807, 2.05) is 0 Å². The number of hydrogen-bond donors (Lipinski definition) is 8. The molecule has 4 rings (SSSR count). The number of amides is 2. The minimum atomic E-state index is -4.67. The van der Waals surface area contributed by atoms with E-state index >= 15 is 0 Å². The van der Waals surface area contributed by atoms with Gasteiger partial charge in [-0.1, -0.05) is 11.6 Å². The Labute approximate surface area is 244 Å². The monoisotopic (exact) mass is 632 g/mol. The number of ketones is 2. The SMILES string of the molecule is CN(C)c1c(Cl)c(NC=O)c(O)c2c1CC1CC3[C@H](N(C)C)C(=O)C(C(N)=O)=C(O)C3(O)C(=O)C1=C2O.O=S(=O)(O)O. The summed E-state index contributed by atoms with van der Waals surface area (Å²) < 4.78 is 31.6. The average Bonchev–Trinajstić information content (AvgIpc) is 2.82. The summed E-state index contributed by atoms with van der Waals surface area (Å²) in [5.41, 5.74) is 1.79. The summed E-state index contributed by atoms with van der Waals surface area (Å²) in [7, 11) is 1.72. The lowest BCUT2D eigenvalue weighted by Gasteiger charge is -2.50. The summed E-state index contributed by atoms with van der Waals surface area (Å²) in [5, 5.41) is 47.1. The minimum Gasteiger partial charge on any atom is -0.508 e. The largest absolute Gasteiger partial charge is 0.508 e. The molecule has 3 unspecified atom stereocenters. The molecule has 2 amide bonds. The first-order valence-electron chi connectivity index (χ1n) is 12.0. The van der Waals surface area contributed by atoms with Crippen molar-refractivity contribution < 1.29 is 57.1 Å².